The van der Waals surface area contributed by atoms with Crippen molar-refractivity contribution in [1.82, 2.24) is 25.6 Å². The maximum absolute atomic E-state index is 12.8. The number of carbonyl (C=O) groups excluding carboxylic acids is 4. The molecular weight excluding hydrogens is 730 g/mol. The summed E-state index contributed by atoms with van der Waals surface area (Å²) in [5.74, 6) is -3.26. The monoisotopic (exact) mass is 779 g/mol. The molecule has 4 heterocycles. The third-order valence-corrected chi connectivity index (χ3v) is 8.53. The second kappa shape index (κ2) is 20.8. The van der Waals surface area contributed by atoms with Crippen molar-refractivity contribution in [3.63, 3.8) is 0 Å². The molecule has 0 aromatic carbocycles. The molecule has 10 unspecified atom stereocenters. The number of amides is 3. The molecule has 0 spiro atoms. The predicted molar refractivity (Wildman–Crippen MR) is 175 cm³/mol. The lowest BCUT2D eigenvalue weighted by Crippen LogP contribution is -2.64. The molecule has 1 aromatic rings. The number of fused-ring (bicyclic) bond motifs is 3. The van der Waals surface area contributed by atoms with E-state index in [2.05, 4.69) is 16.0 Å². The first-order valence-corrected chi connectivity index (χ1v) is 17.3. The van der Waals surface area contributed by atoms with Crippen LogP contribution in [0.2, 0.25) is 0 Å². The molecule has 0 aliphatic carbocycles. The molecule has 0 saturated carbocycles. The lowest BCUT2D eigenvalue weighted by molar-refractivity contribution is -0.389. The summed E-state index contributed by atoms with van der Waals surface area (Å²) in [5.41, 5.74) is 0. The van der Waals surface area contributed by atoms with Gasteiger partial charge in [-0.2, -0.15) is 0 Å². The van der Waals surface area contributed by atoms with Crippen LogP contribution in [0.4, 0.5) is 0 Å². The van der Waals surface area contributed by atoms with Gasteiger partial charge >= 0.3 is 5.97 Å². The number of ether oxygens (including phenoxy) is 5. The summed E-state index contributed by atoms with van der Waals surface area (Å²) >= 11 is 0. The fourth-order valence-corrected chi connectivity index (χ4v) is 5.68. The Labute approximate surface area is 308 Å². The van der Waals surface area contributed by atoms with Crippen LogP contribution in [0.5, 0.6) is 11.8 Å². The molecule has 1 aromatic heterocycles. The molecule has 3 fully saturated rings. The average molecular weight is 780 g/mol. The number of hydrogen-bond donors (Lipinski definition) is 11. The first-order chi connectivity index (χ1) is 25.8. The van der Waals surface area contributed by atoms with E-state index >= 15 is 0 Å². The normalized spacial score (nSPS) is 32.2. The van der Waals surface area contributed by atoms with Crippen molar-refractivity contribution >= 4 is 23.7 Å². The first kappa shape index (κ1) is 43.0. The van der Waals surface area contributed by atoms with Gasteiger partial charge in [0, 0.05) is 38.2 Å². The van der Waals surface area contributed by atoms with E-state index < -0.39 is 117 Å². The molecule has 4 rings (SSSR count). The Morgan fingerprint density at radius 2 is 1.39 bits per heavy atom. The number of nitrogens with zero attached hydrogens (tertiary/aromatic N) is 2. The van der Waals surface area contributed by atoms with Crippen LogP contribution >= 0.6 is 0 Å². The number of aromatic nitrogens is 1. The summed E-state index contributed by atoms with van der Waals surface area (Å²) in [7, 11) is 0. The number of aromatic hydroxyl groups is 2. The highest BCUT2D eigenvalue weighted by molar-refractivity contribution is 5.84. The molecule has 3 aliphatic rings. The van der Waals surface area contributed by atoms with E-state index in [0.717, 1.165) is 12.1 Å². The molecule has 3 amide bonds. The average Bonchev–Trinajstić information content (AvgIpc) is 3.44. The third kappa shape index (κ3) is 12.1. The Morgan fingerprint density at radius 3 is 2.02 bits per heavy atom. The molecule has 10 atom stereocenters. The van der Waals surface area contributed by atoms with Gasteiger partial charge in [-0.15, -0.1) is 4.73 Å². The lowest BCUT2D eigenvalue weighted by atomic mass is 9.98. The highest BCUT2D eigenvalue weighted by atomic mass is 16.8. The van der Waals surface area contributed by atoms with Crippen molar-refractivity contribution in [2.75, 3.05) is 59.1 Å². The van der Waals surface area contributed by atoms with Gasteiger partial charge in [0.2, 0.25) is 29.5 Å². The molecule has 11 N–H and O–H groups in total. The van der Waals surface area contributed by atoms with Crippen molar-refractivity contribution in [2.45, 2.75) is 87.3 Å². The highest BCUT2D eigenvalue weighted by Crippen LogP contribution is 2.30. The zero-order valence-electron chi connectivity index (χ0n) is 29.2. The van der Waals surface area contributed by atoms with Crippen LogP contribution in [0.1, 0.15) is 25.7 Å². The summed E-state index contributed by atoms with van der Waals surface area (Å²) in [6, 6.07) is 2.31. The van der Waals surface area contributed by atoms with Crippen LogP contribution < -0.4 is 20.8 Å². The molecule has 23 heteroatoms. The van der Waals surface area contributed by atoms with Crippen molar-refractivity contribution < 1.29 is 88.6 Å². The smallest absolute Gasteiger partial charge is 0.333 e. The van der Waals surface area contributed by atoms with Crippen LogP contribution in [0.15, 0.2) is 12.1 Å². The van der Waals surface area contributed by atoms with E-state index in [1.54, 1.807) is 0 Å². The van der Waals surface area contributed by atoms with Gasteiger partial charge < -0.3 is 85.3 Å². The van der Waals surface area contributed by atoms with Gasteiger partial charge in [-0.25, -0.2) is 4.79 Å². The minimum atomic E-state index is -1.86. The number of aliphatic hydroxyl groups excluding tert-OH is 6. The Hall–Kier alpha value is -3.72. The quantitative estimate of drug-likeness (QED) is 0.0984. The van der Waals surface area contributed by atoms with Gasteiger partial charge in [-0.3, -0.25) is 19.3 Å². The van der Waals surface area contributed by atoms with Gasteiger partial charge in [-0.1, -0.05) is 6.42 Å². The van der Waals surface area contributed by atoms with Gasteiger partial charge in [-0.05, 0) is 12.8 Å². The first-order valence-electron chi connectivity index (χ1n) is 17.3. The molecule has 54 heavy (non-hydrogen) atoms. The van der Waals surface area contributed by atoms with Crippen molar-refractivity contribution in [3.8, 4) is 11.8 Å². The van der Waals surface area contributed by atoms with Crippen molar-refractivity contribution in [3.05, 3.63) is 12.1 Å². The summed E-state index contributed by atoms with van der Waals surface area (Å²) in [6.45, 7) is -2.49. The lowest BCUT2D eigenvalue weighted by Gasteiger charge is -2.45. The number of aliphatic hydroxyl groups is 6. The van der Waals surface area contributed by atoms with Crippen LogP contribution in [0, 0.1) is 0 Å². The van der Waals surface area contributed by atoms with E-state index in [1.807, 2.05) is 0 Å². The van der Waals surface area contributed by atoms with Gasteiger partial charge in [0.15, 0.2) is 18.9 Å². The summed E-state index contributed by atoms with van der Waals surface area (Å²) in [5, 5.41) is 89.2. The Morgan fingerprint density at radius 1 is 0.778 bits per heavy atom. The molecular formula is C31H49N5O18. The number of rotatable bonds is 10. The summed E-state index contributed by atoms with van der Waals surface area (Å²) < 4.78 is 28.4. The van der Waals surface area contributed by atoms with Crippen LogP contribution in [-0.4, -0.2) is 195 Å². The van der Waals surface area contributed by atoms with E-state index in [9.17, 15) is 60.0 Å². The predicted octanol–water partition coefficient (Wildman–Crippen LogP) is -6.30. The van der Waals surface area contributed by atoms with Crippen LogP contribution in [0.3, 0.4) is 0 Å². The second-order valence-electron chi connectivity index (χ2n) is 12.7. The van der Waals surface area contributed by atoms with Crippen molar-refractivity contribution in [1.29, 1.82) is 0 Å². The van der Waals surface area contributed by atoms with E-state index in [4.69, 9.17) is 28.5 Å². The van der Waals surface area contributed by atoms with Crippen molar-refractivity contribution in [2.24, 2.45) is 0 Å². The Balaban J connectivity index is 1.31. The molecule has 3 saturated heterocycles. The Bertz CT molecular complexity index is 1370. The molecule has 0 radical (unpaired) electrons. The Kier molecular flexibility index (Phi) is 16.6. The van der Waals surface area contributed by atoms with E-state index in [1.165, 1.54) is 4.90 Å². The van der Waals surface area contributed by atoms with Gasteiger partial charge in [0.25, 0.3) is 0 Å². The molecule has 306 valence electrons. The summed E-state index contributed by atoms with van der Waals surface area (Å²) in [6.07, 6.45) is -15.3. The van der Waals surface area contributed by atoms with E-state index in [-0.39, 0.29) is 45.8 Å². The maximum Gasteiger partial charge on any atom is 0.333 e. The van der Waals surface area contributed by atoms with Gasteiger partial charge in [0.1, 0.15) is 42.7 Å². The van der Waals surface area contributed by atoms with Crippen LogP contribution in [0.25, 0.3) is 0 Å². The zero-order valence-corrected chi connectivity index (χ0v) is 29.2. The largest absolute Gasteiger partial charge is 0.492 e. The molecule has 3 aliphatic heterocycles. The number of carbonyl (C=O) groups is 4. The third-order valence-electron chi connectivity index (χ3n) is 8.53. The summed E-state index contributed by atoms with van der Waals surface area (Å²) in [4.78, 5) is 56.5. The topological polar surface area (TPSA) is 330 Å². The SMILES string of the molecule is O=C(CN1CC(=O)NCCOC2OC(OC3C(OCCNC(=O)C1)OC(CO)C(O)C3O)C(O)C(O)C2O)NCCCCCC(=O)On1c(O)ccc1O. The fourth-order valence-electron chi connectivity index (χ4n) is 5.68. The minimum Gasteiger partial charge on any atom is -0.492 e. The second-order valence-corrected chi connectivity index (χ2v) is 12.7. The number of nitrogens with one attached hydrogen (secondary N) is 3. The molecule has 23 nitrogen and oxygen atoms in total. The van der Waals surface area contributed by atoms with E-state index in [0.29, 0.717) is 24.0 Å². The standard InChI is InChI=1S/C31H49N5O18/c37-15-16-23(44)25(46)28-31(51-16)50-11-9-34-19(40)14-35(13-18(39)33-8-10-49-29-26(47)24(45)27(48)30(52-28)53-29)12-17(38)32-7-3-1-2-4-22(43)54-36-20(41)5-6-21(36)42/h5-6,16,23-31,37,41-42,44-48H,1-4,7-15H2,(H,32,38)(H,33,39)(H,34,40). The number of unbranched alkanes of at least 4 members (excludes halogenated alkanes) is 2. The maximum atomic E-state index is 12.8. The van der Waals surface area contributed by atoms with Gasteiger partial charge in [0.05, 0.1) is 39.5 Å². The number of hydrogen-bond acceptors (Lipinski definition) is 19. The molecule has 2 bridgehead atoms. The highest BCUT2D eigenvalue weighted by Gasteiger charge is 2.51. The minimum absolute atomic E-state index is 0.0186. The zero-order chi connectivity index (χ0) is 39.4. The fraction of sp³-hybridized carbons (Fsp3) is 0.742. The van der Waals surface area contributed by atoms with Crippen LogP contribution in [-0.2, 0) is 42.9 Å².